The van der Waals surface area contributed by atoms with E-state index in [0.717, 1.165) is 7.11 Å². The summed E-state index contributed by atoms with van der Waals surface area (Å²) in [4.78, 5) is 48.5. The van der Waals surface area contributed by atoms with Crippen LogP contribution in [0, 0.1) is 10.1 Å². The van der Waals surface area contributed by atoms with Crippen LogP contribution in [0.3, 0.4) is 0 Å². The van der Waals surface area contributed by atoms with Gasteiger partial charge in [-0.2, -0.15) is 4.68 Å². The largest absolute Gasteiger partial charge is 0.465 e. The molecule has 0 amide bonds. The summed E-state index contributed by atoms with van der Waals surface area (Å²) in [5, 5.41) is 25.1. The fourth-order valence-electron chi connectivity index (χ4n) is 3.51. The molecule has 1 atom stereocenters. The molecule has 0 saturated carbocycles. The molecule has 1 N–H and O–H groups in total. The van der Waals surface area contributed by atoms with Crippen molar-refractivity contribution >= 4 is 29.4 Å². The van der Waals surface area contributed by atoms with E-state index >= 15 is 0 Å². The monoisotopic (exact) mass is 464 g/mol. The van der Waals surface area contributed by atoms with Crippen molar-refractivity contribution in [2.45, 2.75) is 6.04 Å². The lowest BCUT2D eigenvalue weighted by atomic mass is 9.89. The number of carbonyl (C=O) groups excluding carboxylic acids is 3. The predicted octanol–water partition coefficient (Wildman–Crippen LogP) is 1.69. The van der Waals surface area contributed by atoms with Gasteiger partial charge >= 0.3 is 11.9 Å². The molecule has 0 unspecified atom stereocenters. The molecule has 0 bridgehead atoms. The van der Waals surface area contributed by atoms with E-state index in [4.69, 9.17) is 9.47 Å². The van der Waals surface area contributed by atoms with E-state index in [1.807, 2.05) is 0 Å². The molecule has 0 saturated heterocycles. The van der Waals surface area contributed by atoms with E-state index in [1.165, 1.54) is 48.2 Å². The smallest absolute Gasteiger partial charge is 0.355 e. The number of Topliss-reactive ketones (excluding diaryl/α,β-unsaturated/α-hetero) is 1. The van der Waals surface area contributed by atoms with E-state index < -0.39 is 28.7 Å². The molecule has 1 aliphatic rings. The Hall–Kier alpha value is -4.94. The van der Waals surface area contributed by atoms with Gasteiger partial charge in [-0.25, -0.2) is 9.59 Å². The average Bonchev–Trinajstić information content (AvgIpc) is 3.34. The zero-order valence-corrected chi connectivity index (χ0v) is 17.8. The van der Waals surface area contributed by atoms with Crippen LogP contribution in [0.5, 0.6) is 0 Å². The summed E-state index contributed by atoms with van der Waals surface area (Å²) in [6.45, 7) is 0. The number of nitrogens with zero attached hydrogens (tertiary/aromatic N) is 5. The summed E-state index contributed by atoms with van der Waals surface area (Å²) in [6, 6.07) is 10.1. The summed E-state index contributed by atoms with van der Waals surface area (Å²) >= 11 is 0. The number of ether oxygens (including phenoxy) is 2. The second-order valence-electron chi connectivity index (χ2n) is 7.00. The zero-order valence-electron chi connectivity index (χ0n) is 17.8. The Morgan fingerprint density at radius 3 is 2.18 bits per heavy atom. The molecule has 0 radical (unpaired) electrons. The van der Waals surface area contributed by atoms with Crippen molar-refractivity contribution < 1.29 is 28.8 Å². The third kappa shape index (κ3) is 3.85. The van der Waals surface area contributed by atoms with Crippen molar-refractivity contribution in [3.8, 4) is 0 Å². The van der Waals surface area contributed by atoms with Crippen molar-refractivity contribution in [1.82, 2.24) is 20.2 Å². The van der Waals surface area contributed by atoms with Crippen LogP contribution in [0.1, 0.15) is 32.3 Å². The number of nitro groups is 1. The van der Waals surface area contributed by atoms with E-state index in [2.05, 4.69) is 20.8 Å². The molecule has 2 aromatic carbocycles. The molecule has 0 fully saturated rings. The highest BCUT2D eigenvalue weighted by atomic mass is 16.6. The minimum Gasteiger partial charge on any atom is -0.465 e. The Bertz CT molecular complexity index is 1330. The molecule has 4 rings (SSSR count). The maximum Gasteiger partial charge on any atom is 0.355 e. The SMILES string of the molecule is COC(=O)C1=C(C(=O)c2ccc([N+](=O)[O-])cc2)[C@H](c2ccc(C(=O)OC)cc2)n2nnnc2N1. The van der Waals surface area contributed by atoms with Crippen molar-refractivity contribution in [3.05, 3.63) is 86.6 Å². The Kier molecular flexibility index (Phi) is 5.82. The number of nitrogens with one attached hydrogen (secondary N) is 1. The van der Waals surface area contributed by atoms with Crippen LogP contribution < -0.4 is 5.32 Å². The Morgan fingerprint density at radius 2 is 1.59 bits per heavy atom. The number of ketones is 1. The second-order valence-corrected chi connectivity index (χ2v) is 7.00. The lowest BCUT2D eigenvalue weighted by Gasteiger charge is -2.28. The van der Waals surface area contributed by atoms with Gasteiger partial charge in [0.2, 0.25) is 5.95 Å². The van der Waals surface area contributed by atoms with Crippen LogP contribution in [0.4, 0.5) is 11.6 Å². The predicted molar refractivity (Wildman–Crippen MR) is 114 cm³/mol. The molecule has 1 aromatic heterocycles. The highest BCUT2D eigenvalue weighted by Crippen LogP contribution is 2.37. The van der Waals surface area contributed by atoms with Gasteiger partial charge in [-0.05, 0) is 40.3 Å². The average molecular weight is 464 g/mol. The highest BCUT2D eigenvalue weighted by Gasteiger charge is 2.38. The van der Waals surface area contributed by atoms with E-state index in [-0.39, 0.29) is 34.0 Å². The minimum atomic E-state index is -0.977. The number of non-ortho nitro benzene ring substituents is 1. The quantitative estimate of drug-likeness (QED) is 0.244. The molecular weight excluding hydrogens is 448 g/mol. The highest BCUT2D eigenvalue weighted by molar-refractivity contribution is 6.15. The number of rotatable bonds is 6. The molecule has 0 spiro atoms. The number of allylic oxidation sites excluding steroid dienone is 1. The zero-order chi connectivity index (χ0) is 24.4. The van der Waals surface area contributed by atoms with Crippen molar-refractivity contribution in [3.63, 3.8) is 0 Å². The summed E-state index contributed by atoms with van der Waals surface area (Å²) in [6.07, 6.45) is 0. The number of nitro benzene ring substituents is 1. The van der Waals surface area contributed by atoms with E-state index in [1.54, 1.807) is 12.1 Å². The minimum absolute atomic E-state index is 0.0497. The van der Waals surface area contributed by atoms with Gasteiger partial charge in [0.15, 0.2) is 5.78 Å². The van der Waals surface area contributed by atoms with Gasteiger partial charge in [0, 0.05) is 17.7 Å². The molecule has 13 nitrogen and oxygen atoms in total. The third-order valence-electron chi connectivity index (χ3n) is 5.14. The molecular formula is C21H16N6O7. The van der Waals surface area contributed by atoms with Crippen molar-refractivity contribution in [2.75, 3.05) is 19.5 Å². The lowest BCUT2D eigenvalue weighted by Crippen LogP contribution is -2.33. The number of carbonyl (C=O) groups is 3. The summed E-state index contributed by atoms with van der Waals surface area (Å²) < 4.78 is 10.9. The van der Waals surface area contributed by atoms with Crippen LogP contribution in [0.2, 0.25) is 0 Å². The molecule has 1 aliphatic heterocycles. The van der Waals surface area contributed by atoms with Crippen LogP contribution in [-0.4, -0.2) is 57.1 Å². The number of hydrogen-bond donors (Lipinski definition) is 1. The lowest BCUT2D eigenvalue weighted by molar-refractivity contribution is -0.384. The van der Waals surface area contributed by atoms with Gasteiger partial charge in [-0.15, -0.1) is 0 Å². The van der Waals surface area contributed by atoms with Gasteiger partial charge in [0.1, 0.15) is 11.7 Å². The molecule has 13 heteroatoms. The fourth-order valence-corrected chi connectivity index (χ4v) is 3.51. The number of benzene rings is 2. The number of aromatic nitrogens is 4. The van der Waals surface area contributed by atoms with Gasteiger partial charge in [0.05, 0.1) is 30.3 Å². The van der Waals surface area contributed by atoms with Crippen LogP contribution in [0.25, 0.3) is 0 Å². The summed E-state index contributed by atoms with van der Waals surface area (Å²) in [7, 11) is 2.41. The second kappa shape index (κ2) is 8.90. The first-order valence-electron chi connectivity index (χ1n) is 9.70. The molecule has 34 heavy (non-hydrogen) atoms. The topological polar surface area (TPSA) is 168 Å². The molecule has 172 valence electrons. The van der Waals surface area contributed by atoms with Crippen molar-refractivity contribution in [2.24, 2.45) is 0 Å². The van der Waals surface area contributed by atoms with E-state index in [0.29, 0.717) is 5.56 Å². The van der Waals surface area contributed by atoms with Gasteiger partial charge in [-0.1, -0.05) is 17.2 Å². The fraction of sp³-hybridized carbons (Fsp3) is 0.143. The maximum absolute atomic E-state index is 13.6. The van der Waals surface area contributed by atoms with Crippen LogP contribution in [0.15, 0.2) is 59.8 Å². The molecule has 3 aromatic rings. The summed E-state index contributed by atoms with van der Waals surface area (Å²) in [5.74, 6) is -1.91. The number of fused-ring (bicyclic) bond motifs is 1. The first-order valence-corrected chi connectivity index (χ1v) is 9.70. The Balaban J connectivity index is 1.88. The molecule has 0 aliphatic carbocycles. The standard InChI is InChI=1S/C21H16N6O7/c1-33-19(29)13-5-3-11(4-6-13)17-15(18(28)12-7-9-14(10-8-12)27(31)32)16(20(30)34-2)22-21-23-24-25-26(17)21/h3-10,17H,1-2H3,(H,22,23,25)/t17-/m0/s1. The Labute approximate surface area is 191 Å². The summed E-state index contributed by atoms with van der Waals surface area (Å²) in [5.41, 5.74) is 0.420. The van der Waals surface area contributed by atoms with Crippen molar-refractivity contribution in [1.29, 1.82) is 0 Å². The number of anilines is 1. The Morgan fingerprint density at radius 1 is 0.971 bits per heavy atom. The normalized spacial score (nSPS) is 14.6. The van der Waals surface area contributed by atoms with Gasteiger partial charge in [0.25, 0.3) is 5.69 Å². The van der Waals surface area contributed by atoms with Crippen LogP contribution in [-0.2, 0) is 14.3 Å². The first kappa shape index (κ1) is 22.3. The number of hydrogen-bond acceptors (Lipinski definition) is 11. The number of esters is 2. The van der Waals surface area contributed by atoms with E-state index in [9.17, 15) is 24.5 Å². The maximum atomic E-state index is 13.6. The first-order chi connectivity index (χ1) is 16.3. The molecule has 2 heterocycles. The van der Waals surface area contributed by atoms with Gasteiger partial charge in [-0.3, -0.25) is 14.9 Å². The van der Waals surface area contributed by atoms with Gasteiger partial charge < -0.3 is 14.8 Å². The number of methoxy groups -OCH3 is 2. The van der Waals surface area contributed by atoms with Crippen LogP contribution >= 0.6 is 0 Å². The number of tetrazole rings is 1. The third-order valence-corrected chi connectivity index (χ3v) is 5.14.